The van der Waals surface area contributed by atoms with E-state index >= 15 is 0 Å². The molecule has 0 aliphatic heterocycles. The summed E-state index contributed by atoms with van der Waals surface area (Å²) in [5.41, 5.74) is 2.90. The predicted octanol–water partition coefficient (Wildman–Crippen LogP) is 5.34. The summed E-state index contributed by atoms with van der Waals surface area (Å²) in [6.45, 7) is 0. The molecular weight excluding hydrogens is 356 g/mol. The molecule has 0 spiro atoms. The molecule has 1 N–H and O–H groups in total. The third-order valence-electron chi connectivity index (χ3n) is 4.48. The number of hydrogen-bond acceptors (Lipinski definition) is 1. The van der Waals surface area contributed by atoms with E-state index in [0.29, 0.717) is 16.5 Å². The van der Waals surface area contributed by atoms with Gasteiger partial charge >= 0.3 is 5.97 Å². The van der Waals surface area contributed by atoms with Gasteiger partial charge in [0.15, 0.2) is 0 Å². The Balaban J connectivity index is 1.97. The number of aromatic carboxylic acids is 1. The third-order valence-corrected chi connectivity index (χ3v) is 4.48. The lowest BCUT2D eigenvalue weighted by Crippen LogP contribution is -2.04. The number of benzene rings is 4. The number of rotatable bonds is 1. The molecule has 0 aliphatic rings. The van der Waals surface area contributed by atoms with Gasteiger partial charge in [-0.25, -0.2) is 4.79 Å². The van der Waals surface area contributed by atoms with Crippen LogP contribution in [-0.2, 0) is 0 Å². The molecule has 0 bridgehead atoms. The molecule has 2 nitrogen and oxygen atoms in total. The Hall–Kier alpha value is -4.27. The lowest BCUT2D eigenvalue weighted by molar-refractivity contribution is 0.0698. The molecule has 2 heteroatoms. The van der Waals surface area contributed by atoms with E-state index in [1.54, 1.807) is 6.07 Å². The quantitative estimate of drug-likeness (QED) is 0.458. The zero-order chi connectivity index (χ0) is 20.1. The number of carbonyl (C=O) groups is 1. The fraction of sp³-hybridized carbons (Fsp3) is 0. The van der Waals surface area contributed by atoms with Crippen molar-refractivity contribution in [3.63, 3.8) is 0 Å². The van der Waals surface area contributed by atoms with Crippen molar-refractivity contribution >= 4 is 16.7 Å². The molecule has 0 fully saturated rings. The average molecular weight is 372 g/mol. The maximum atomic E-state index is 12.2. The first-order valence-electron chi connectivity index (χ1n) is 9.15. The van der Waals surface area contributed by atoms with Crippen LogP contribution in [0.2, 0.25) is 0 Å². The van der Waals surface area contributed by atoms with Crippen molar-refractivity contribution in [3.05, 3.63) is 119 Å². The molecule has 4 aromatic carbocycles. The van der Waals surface area contributed by atoms with Crippen LogP contribution in [0.15, 0.2) is 91.0 Å². The van der Waals surface area contributed by atoms with Crippen molar-refractivity contribution in [1.82, 2.24) is 0 Å². The number of hydrogen-bond donors (Lipinski definition) is 1. The van der Waals surface area contributed by atoms with Crippen LogP contribution in [-0.4, -0.2) is 11.1 Å². The summed E-state index contributed by atoms with van der Waals surface area (Å²) in [6, 6.07) is 28.4. The van der Waals surface area contributed by atoms with Gasteiger partial charge in [0, 0.05) is 16.7 Å². The molecular formula is C27H16O2. The number of fused-ring (bicyclic) bond motifs is 1. The van der Waals surface area contributed by atoms with Gasteiger partial charge in [0.05, 0.1) is 11.1 Å². The summed E-state index contributed by atoms with van der Waals surface area (Å²) in [5, 5.41) is 11.4. The first kappa shape index (κ1) is 18.1. The summed E-state index contributed by atoms with van der Waals surface area (Å²) in [4.78, 5) is 12.2. The van der Waals surface area contributed by atoms with Crippen LogP contribution in [0.25, 0.3) is 10.8 Å². The minimum absolute atomic E-state index is 0.184. The summed E-state index contributed by atoms with van der Waals surface area (Å²) in [6.07, 6.45) is 0. The lowest BCUT2D eigenvalue weighted by atomic mass is 9.94. The van der Waals surface area contributed by atoms with Crippen molar-refractivity contribution in [1.29, 1.82) is 0 Å². The fourth-order valence-corrected chi connectivity index (χ4v) is 3.12. The molecule has 0 saturated carbocycles. The van der Waals surface area contributed by atoms with Crippen molar-refractivity contribution in [2.24, 2.45) is 0 Å². The normalized spacial score (nSPS) is 9.79. The minimum atomic E-state index is -1.01. The van der Waals surface area contributed by atoms with Gasteiger partial charge in [0.1, 0.15) is 0 Å². The van der Waals surface area contributed by atoms with Crippen LogP contribution in [0.4, 0.5) is 0 Å². The van der Waals surface area contributed by atoms with Crippen LogP contribution in [0.3, 0.4) is 0 Å². The van der Waals surface area contributed by atoms with Gasteiger partial charge in [-0.05, 0) is 41.1 Å². The highest BCUT2D eigenvalue weighted by Gasteiger charge is 2.17. The Morgan fingerprint density at radius 1 is 0.655 bits per heavy atom. The Kier molecular flexibility index (Phi) is 5.10. The first-order chi connectivity index (χ1) is 14.2. The van der Waals surface area contributed by atoms with Crippen molar-refractivity contribution in [2.75, 3.05) is 0 Å². The van der Waals surface area contributed by atoms with Gasteiger partial charge in [0.2, 0.25) is 0 Å². The maximum Gasteiger partial charge on any atom is 0.337 e. The molecule has 4 aromatic rings. The maximum absolute atomic E-state index is 12.2. The topological polar surface area (TPSA) is 37.3 Å². The van der Waals surface area contributed by atoms with Gasteiger partial charge in [-0.3, -0.25) is 0 Å². The van der Waals surface area contributed by atoms with E-state index < -0.39 is 5.97 Å². The highest BCUT2D eigenvalue weighted by Crippen LogP contribution is 2.26. The molecule has 0 aromatic heterocycles. The first-order valence-corrected chi connectivity index (χ1v) is 9.15. The van der Waals surface area contributed by atoms with E-state index in [1.807, 2.05) is 84.9 Å². The standard InChI is InChI=1S/C27H16O2/c28-27(29)26-24-14-8-7-13-22(24)19-23(17-15-20-9-3-1-4-10-20)25(26)18-16-21-11-5-2-6-12-21/h1-14,19H,(H,28,29). The van der Waals surface area contributed by atoms with Crippen molar-refractivity contribution in [2.45, 2.75) is 0 Å². The average Bonchev–Trinajstić information content (AvgIpc) is 2.76. The van der Waals surface area contributed by atoms with E-state index in [9.17, 15) is 9.90 Å². The van der Waals surface area contributed by atoms with Gasteiger partial charge in [0.25, 0.3) is 0 Å². The molecule has 0 amide bonds. The molecule has 0 radical (unpaired) electrons. The second kappa shape index (κ2) is 8.17. The Morgan fingerprint density at radius 3 is 1.83 bits per heavy atom. The number of carboxylic acid groups (broad SMARTS) is 1. The van der Waals surface area contributed by atoms with Crippen LogP contribution in [0.1, 0.15) is 32.6 Å². The van der Waals surface area contributed by atoms with Crippen LogP contribution < -0.4 is 0 Å². The predicted molar refractivity (Wildman–Crippen MR) is 116 cm³/mol. The lowest BCUT2D eigenvalue weighted by Gasteiger charge is -2.08. The molecule has 4 rings (SSSR count). The molecule has 136 valence electrons. The highest BCUT2D eigenvalue weighted by molar-refractivity contribution is 6.07. The SMILES string of the molecule is O=C(O)c1c(C#Cc2ccccc2)c(C#Cc2ccccc2)cc2ccccc12. The summed E-state index contributed by atoms with van der Waals surface area (Å²) >= 11 is 0. The van der Waals surface area contributed by atoms with E-state index in [-0.39, 0.29) is 5.56 Å². The van der Waals surface area contributed by atoms with E-state index in [0.717, 1.165) is 16.5 Å². The smallest absolute Gasteiger partial charge is 0.337 e. The van der Waals surface area contributed by atoms with E-state index in [2.05, 4.69) is 23.7 Å². The molecule has 0 atom stereocenters. The minimum Gasteiger partial charge on any atom is -0.478 e. The molecule has 29 heavy (non-hydrogen) atoms. The second-order valence-corrected chi connectivity index (χ2v) is 6.43. The largest absolute Gasteiger partial charge is 0.478 e. The van der Waals surface area contributed by atoms with E-state index in [4.69, 9.17) is 0 Å². The molecule has 0 aliphatic carbocycles. The van der Waals surface area contributed by atoms with Crippen LogP contribution >= 0.6 is 0 Å². The Morgan fingerprint density at radius 2 is 1.21 bits per heavy atom. The Bertz CT molecular complexity index is 1310. The summed E-state index contributed by atoms with van der Waals surface area (Å²) in [7, 11) is 0. The summed E-state index contributed by atoms with van der Waals surface area (Å²) in [5.74, 6) is 11.4. The van der Waals surface area contributed by atoms with Gasteiger partial charge in [-0.1, -0.05) is 84.3 Å². The number of carboxylic acids is 1. The van der Waals surface area contributed by atoms with Crippen LogP contribution in [0.5, 0.6) is 0 Å². The van der Waals surface area contributed by atoms with Crippen molar-refractivity contribution in [3.8, 4) is 23.7 Å². The zero-order valence-corrected chi connectivity index (χ0v) is 15.5. The molecule has 0 heterocycles. The second-order valence-electron chi connectivity index (χ2n) is 6.43. The summed E-state index contributed by atoms with van der Waals surface area (Å²) < 4.78 is 0. The fourth-order valence-electron chi connectivity index (χ4n) is 3.12. The van der Waals surface area contributed by atoms with E-state index in [1.165, 1.54) is 0 Å². The Labute approximate surface area is 169 Å². The molecule has 0 unspecified atom stereocenters. The van der Waals surface area contributed by atoms with Gasteiger partial charge in [-0.15, -0.1) is 0 Å². The monoisotopic (exact) mass is 372 g/mol. The highest BCUT2D eigenvalue weighted by atomic mass is 16.4. The van der Waals surface area contributed by atoms with Gasteiger partial charge in [-0.2, -0.15) is 0 Å². The van der Waals surface area contributed by atoms with Crippen molar-refractivity contribution < 1.29 is 9.90 Å². The molecule has 0 saturated heterocycles. The zero-order valence-electron chi connectivity index (χ0n) is 15.5. The third kappa shape index (κ3) is 4.03. The van der Waals surface area contributed by atoms with Crippen LogP contribution in [0, 0.1) is 23.7 Å². The van der Waals surface area contributed by atoms with Gasteiger partial charge < -0.3 is 5.11 Å².